The Morgan fingerprint density at radius 3 is 0.902 bits per heavy atom. The highest BCUT2D eigenvalue weighted by Gasteiger charge is 2.31. The van der Waals surface area contributed by atoms with Crippen molar-refractivity contribution in [1.29, 1.82) is 0 Å². The zero-order valence-electron chi connectivity index (χ0n) is 81.5. The molecule has 0 bridgehead atoms. The molecule has 674 valence electrons. The van der Waals surface area contributed by atoms with Crippen molar-refractivity contribution >= 4 is 110 Å². The standard InChI is InChI=1S/C27H31N2O.C26H29N2O.C26H31N2O.C20H19N2O.C19H17N2O/c1-17(2)20-11-15-24(29(4)16-20)25-18(3)10-12-21-22-13-14-23(19-8-6-5-7-9-19)28-27(22)30-26(21)25;1-16(2)19-10-14-23(28(4)15-19)24-17(3)9-11-20-21-12-13-22(18-7-5-6-8-18)27-26(21)29-25(20)24;1-16(2)18-9-13-22(28(7)15-18)23-17(3)8-11-20-21-12-10-19(14-26(4,5)6)27-25(21)29-24(20)23;1-4-14-9-11-16-15-10-8-13(2)18(19(15)23-20(16)21-14)17-7-5-6-12-22(17)3;1-12-7-9-14-15-10-8-13(2)20-19(15)22-18(14)17(12)16-6-4-5-11-21(16)3/h10-17,19H,5-9H2,1-4H3;9-16,18H,5-8H2,1-4H3;8-13,15-16H,14H2,1-7H3;5-12H,4H2,1-3H3;4-11H,1-3H3/q5*+1. The third-order valence-electron chi connectivity index (χ3n) is 27.6. The monoisotopic (exact) mass is 1760 g/mol. The van der Waals surface area contributed by atoms with Crippen LogP contribution in [0, 0.1) is 47.0 Å². The van der Waals surface area contributed by atoms with E-state index in [1.165, 1.54) is 136 Å². The Hall–Kier alpha value is -13.4. The number of aryl methyl sites for hydroxylation is 12. The minimum absolute atomic E-state index is 0.195. The van der Waals surface area contributed by atoms with Crippen molar-refractivity contribution in [2.75, 3.05) is 0 Å². The molecule has 15 heteroatoms. The van der Waals surface area contributed by atoms with Gasteiger partial charge in [-0.05, 0) is 222 Å². The molecule has 15 heterocycles. The van der Waals surface area contributed by atoms with Crippen molar-refractivity contribution in [2.45, 2.75) is 211 Å². The van der Waals surface area contributed by atoms with E-state index in [1.54, 1.807) is 0 Å². The zero-order valence-corrected chi connectivity index (χ0v) is 81.5. The van der Waals surface area contributed by atoms with Gasteiger partial charge in [-0.2, -0.15) is 0 Å². The summed E-state index contributed by atoms with van der Waals surface area (Å²) in [6.07, 6.45) is 24.3. The van der Waals surface area contributed by atoms with E-state index in [1.807, 2.05) is 25.1 Å². The van der Waals surface area contributed by atoms with Crippen LogP contribution in [0.3, 0.4) is 0 Å². The van der Waals surface area contributed by atoms with Gasteiger partial charge in [-0.25, -0.2) is 47.8 Å². The summed E-state index contributed by atoms with van der Waals surface area (Å²) in [6.45, 7) is 34.9. The summed E-state index contributed by atoms with van der Waals surface area (Å²) in [6, 6.07) is 69.0. The molecule has 22 rings (SSSR count). The fourth-order valence-corrected chi connectivity index (χ4v) is 20.1. The van der Waals surface area contributed by atoms with Gasteiger partial charge in [0.1, 0.15) is 35.2 Å². The number of hydrogen-bond donors (Lipinski definition) is 0. The molecular weight excluding hydrogens is 1640 g/mol. The van der Waals surface area contributed by atoms with Gasteiger partial charge in [0, 0.05) is 153 Å². The molecule has 2 saturated carbocycles. The molecule has 0 spiro atoms. The molecule has 0 radical (unpaired) electrons. The van der Waals surface area contributed by atoms with Crippen LogP contribution in [0.25, 0.3) is 167 Å². The molecule has 0 N–H and O–H groups in total. The van der Waals surface area contributed by atoms with E-state index in [-0.39, 0.29) is 5.41 Å². The van der Waals surface area contributed by atoms with E-state index in [0.29, 0.717) is 35.3 Å². The molecule has 5 aromatic carbocycles. The fourth-order valence-electron chi connectivity index (χ4n) is 20.1. The second kappa shape index (κ2) is 37.3. The number of benzene rings is 5. The highest BCUT2D eigenvalue weighted by atomic mass is 16.4. The quantitative estimate of drug-likeness (QED) is 0.108. The summed E-state index contributed by atoms with van der Waals surface area (Å²) in [7, 11) is 10.5. The van der Waals surface area contributed by atoms with Crippen molar-refractivity contribution in [3.63, 3.8) is 0 Å². The van der Waals surface area contributed by atoms with Gasteiger partial charge < -0.3 is 22.1 Å². The van der Waals surface area contributed by atoms with Crippen LogP contribution in [-0.4, -0.2) is 24.9 Å². The van der Waals surface area contributed by atoms with E-state index < -0.39 is 0 Å². The van der Waals surface area contributed by atoms with Crippen molar-refractivity contribution in [2.24, 2.45) is 40.7 Å². The summed E-state index contributed by atoms with van der Waals surface area (Å²) in [5.74, 6) is 2.70. The summed E-state index contributed by atoms with van der Waals surface area (Å²) in [5, 5.41) is 11.1. The number of furan rings is 5. The first-order chi connectivity index (χ1) is 64.0. The Kier molecular flexibility index (Phi) is 25.3. The van der Waals surface area contributed by atoms with E-state index in [9.17, 15) is 0 Å². The first kappa shape index (κ1) is 90.2. The van der Waals surface area contributed by atoms with Gasteiger partial charge in [-0.3, -0.25) is 0 Å². The van der Waals surface area contributed by atoms with Crippen molar-refractivity contribution in [3.05, 3.63) is 298 Å². The largest absolute Gasteiger partial charge is 0.437 e. The second-order valence-corrected chi connectivity index (χ2v) is 39.6. The smallest absolute Gasteiger partial charge is 0.227 e. The molecule has 2 aliphatic carbocycles. The van der Waals surface area contributed by atoms with E-state index in [2.05, 4.69) is 379 Å². The third kappa shape index (κ3) is 18.0. The van der Waals surface area contributed by atoms with E-state index in [0.717, 1.165) is 168 Å². The van der Waals surface area contributed by atoms with Crippen LogP contribution in [0.4, 0.5) is 0 Å². The van der Waals surface area contributed by atoms with Crippen LogP contribution in [0.1, 0.15) is 230 Å². The highest BCUT2D eigenvalue weighted by Crippen LogP contribution is 2.45. The lowest BCUT2D eigenvalue weighted by molar-refractivity contribution is -0.661. The lowest BCUT2D eigenvalue weighted by Crippen LogP contribution is -2.31. The fraction of sp³-hybridized carbons (Fsp3) is 0.322. The average molecular weight is 1770 g/mol. The van der Waals surface area contributed by atoms with Crippen LogP contribution in [-0.2, 0) is 48.1 Å². The van der Waals surface area contributed by atoms with Crippen LogP contribution >= 0.6 is 0 Å². The van der Waals surface area contributed by atoms with Crippen LogP contribution < -0.4 is 22.8 Å². The molecule has 0 atom stereocenters. The predicted molar refractivity (Wildman–Crippen MR) is 541 cm³/mol. The molecule has 0 amide bonds. The number of hydrogen-bond acceptors (Lipinski definition) is 10. The Bertz CT molecular complexity index is 7820. The maximum atomic E-state index is 6.46. The number of rotatable bonds is 12. The first-order valence-corrected chi connectivity index (χ1v) is 48.0. The number of nitrogens with zero attached hydrogens (tertiary/aromatic N) is 10. The van der Waals surface area contributed by atoms with Gasteiger partial charge in [-0.1, -0.05) is 162 Å². The Labute approximate surface area is 781 Å². The lowest BCUT2D eigenvalue weighted by atomic mass is 9.86. The maximum Gasteiger partial charge on any atom is 0.227 e. The van der Waals surface area contributed by atoms with Crippen LogP contribution in [0.2, 0.25) is 0 Å². The lowest BCUT2D eigenvalue weighted by Gasteiger charge is -2.20. The van der Waals surface area contributed by atoms with E-state index in [4.69, 9.17) is 37.0 Å². The van der Waals surface area contributed by atoms with Crippen molar-refractivity contribution in [1.82, 2.24) is 24.9 Å². The molecule has 15 nitrogen and oxygen atoms in total. The maximum absolute atomic E-state index is 6.46. The van der Waals surface area contributed by atoms with E-state index >= 15 is 0 Å². The van der Waals surface area contributed by atoms with Gasteiger partial charge in [-0.15, -0.1) is 0 Å². The van der Waals surface area contributed by atoms with Crippen LogP contribution in [0.15, 0.2) is 247 Å². The molecular formula is C118H127N10O5+5. The van der Waals surface area contributed by atoms with Gasteiger partial charge in [0.25, 0.3) is 0 Å². The Morgan fingerprint density at radius 1 is 0.301 bits per heavy atom. The molecule has 2 fully saturated rings. The summed E-state index contributed by atoms with van der Waals surface area (Å²) >= 11 is 0. The minimum Gasteiger partial charge on any atom is -0.437 e. The average Bonchev–Trinajstić information content (AvgIpc) is 1.64. The van der Waals surface area contributed by atoms with Gasteiger partial charge in [0.05, 0.1) is 27.8 Å². The van der Waals surface area contributed by atoms with Crippen LogP contribution in [0.5, 0.6) is 0 Å². The zero-order chi connectivity index (χ0) is 93.1. The third-order valence-corrected chi connectivity index (χ3v) is 27.6. The Morgan fingerprint density at radius 2 is 0.586 bits per heavy atom. The van der Waals surface area contributed by atoms with Gasteiger partial charge in [0.2, 0.25) is 57.0 Å². The second-order valence-electron chi connectivity index (χ2n) is 39.6. The normalized spacial score (nSPS) is 13.4. The van der Waals surface area contributed by atoms with Gasteiger partial charge in [0.15, 0.2) is 58.9 Å². The number of aromatic nitrogens is 10. The van der Waals surface area contributed by atoms with Crippen molar-refractivity contribution in [3.8, 4) is 56.3 Å². The molecule has 133 heavy (non-hydrogen) atoms. The summed E-state index contributed by atoms with van der Waals surface area (Å²) in [5.41, 5.74) is 35.7. The molecule has 0 unspecified atom stereocenters. The molecule has 0 aliphatic heterocycles. The number of pyridine rings is 10. The molecule has 20 aromatic rings. The predicted octanol–water partition coefficient (Wildman–Crippen LogP) is 28.4. The Balaban J connectivity index is 0.000000112. The summed E-state index contributed by atoms with van der Waals surface area (Å²) in [4.78, 5) is 24.0. The van der Waals surface area contributed by atoms with Crippen molar-refractivity contribution < 1.29 is 44.9 Å². The summed E-state index contributed by atoms with van der Waals surface area (Å²) < 4.78 is 42.5. The molecule has 0 saturated heterocycles. The molecule has 2 aliphatic rings. The first-order valence-electron chi connectivity index (χ1n) is 48.0. The minimum atomic E-state index is 0.195. The number of fused-ring (bicyclic) bond motifs is 15. The topological polar surface area (TPSA) is 150 Å². The van der Waals surface area contributed by atoms with Gasteiger partial charge >= 0.3 is 0 Å². The SMILES string of the molecule is CCc1ccc2c(n1)oc1c(-c3cccc[n+]3C)c(C)ccc12.Cc1ccc2c(n1)oc1c(-c3cccc[n+]3C)c(C)ccc12.Cc1ccc2c(oc3nc(C4CCCC4)ccc32)c1-c1ccc(C(C)C)c[n+]1C.Cc1ccc2c(oc3nc(C4CCCCC4)ccc32)c1-c1ccc(C(C)C)c[n+]1C.Cc1ccc2c(oc3nc(CC(C)(C)C)ccc32)c1-c1ccc(C(C)C)c[n+]1C. The highest BCUT2D eigenvalue weighted by molar-refractivity contribution is 6.13. The molecule has 15 aromatic heterocycles.